The zero-order valence-electron chi connectivity index (χ0n) is 19.6. The summed E-state index contributed by atoms with van der Waals surface area (Å²) in [6.07, 6.45) is 3.01. The molecule has 1 saturated carbocycles. The summed E-state index contributed by atoms with van der Waals surface area (Å²) in [5, 5.41) is 3.18. The van der Waals surface area contributed by atoms with Crippen LogP contribution in [0.2, 0.25) is 0 Å². The van der Waals surface area contributed by atoms with Crippen molar-refractivity contribution in [1.29, 1.82) is 0 Å². The number of nitrogens with two attached hydrogens (primary N) is 1. The van der Waals surface area contributed by atoms with Crippen LogP contribution < -0.4 is 25.6 Å². The molecule has 0 spiro atoms. The fourth-order valence-corrected chi connectivity index (χ4v) is 4.69. The molecule has 3 N–H and O–H groups in total. The molecule has 3 amide bonds. The number of piperidine rings is 1. The van der Waals surface area contributed by atoms with Gasteiger partial charge in [-0.25, -0.2) is 0 Å². The second-order valence-corrected chi connectivity index (χ2v) is 9.70. The number of ether oxygens (including phenoxy) is 2. The van der Waals surface area contributed by atoms with Crippen molar-refractivity contribution in [2.45, 2.75) is 51.2 Å². The van der Waals surface area contributed by atoms with Gasteiger partial charge in [-0.1, -0.05) is 0 Å². The number of methoxy groups -OCH3 is 1. The Bertz CT molecular complexity index is 929. The molecule has 2 atom stereocenters. The molecule has 0 radical (unpaired) electrons. The number of hydrogen-bond donors (Lipinski definition) is 2. The van der Waals surface area contributed by atoms with Gasteiger partial charge in [0, 0.05) is 45.1 Å². The van der Waals surface area contributed by atoms with Crippen LogP contribution in [0.3, 0.4) is 0 Å². The Morgan fingerprint density at radius 2 is 2.00 bits per heavy atom. The van der Waals surface area contributed by atoms with Crippen LogP contribution in [0.1, 0.15) is 39.5 Å². The van der Waals surface area contributed by atoms with Crippen LogP contribution >= 0.6 is 0 Å². The molecular formula is C24H34N4O5. The highest BCUT2D eigenvalue weighted by Crippen LogP contribution is 2.43. The summed E-state index contributed by atoms with van der Waals surface area (Å²) < 4.78 is 11.2. The molecule has 1 aromatic rings. The van der Waals surface area contributed by atoms with Crippen molar-refractivity contribution in [2.75, 3.05) is 43.2 Å². The summed E-state index contributed by atoms with van der Waals surface area (Å²) in [6.45, 7) is 5.60. The van der Waals surface area contributed by atoms with E-state index >= 15 is 0 Å². The molecule has 2 aliphatic heterocycles. The van der Waals surface area contributed by atoms with Gasteiger partial charge in [-0.2, -0.15) is 0 Å². The number of hydrogen-bond acceptors (Lipinski definition) is 6. The number of fused-ring (bicyclic) bond motifs is 1. The maximum absolute atomic E-state index is 13.6. The molecule has 1 saturated heterocycles. The van der Waals surface area contributed by atoms with Crippen molar-refractivity contribution in [3.05, 3.63) is 18.2 Å². The molecule has 2 heterocycles. The first-order chi connectivity index (χ1) is 15.7. The SMILES string of the molecule is COCCCN1C(=O)C(C)(C)Oc2ccc(N(C(=O)[C@H]3CNC[C@@H](C(N)=O)C3)C3CC3)cc21. The molecule has 9 nitrogen and oxygen atoms in total. The maximum Gasteiger partial charge on any atom is 0.270 e. The van der Waals surface area contributed by atoms with Crippen LogP contribution in [-0.2, 0) is 19.1 Å². The number of nitrogens with one attached hydrogen (secondary N) is 1. The van der Waals surface area contributed by atoms with Gasteiger partial charge in [0.1, 0.15) is 5.75 Å². The van der Waals surface area contributed by atoms with E-state index in [4.69, 9.17) is 15.2 Å². The molecule has 0 unspecified atom stereocenters. The predicted molar refractivity (Wildman–Crippen MR) is 124 cm³/mol. The average molecular weight is 459 g/mol. The van der Waals surface area contributed by atoms with Crippen molar-refractivity contribution in [1.82, 2.24) is 5.32 Å². The molecule has 3 aliphatic rings. The Labute approximate surface area is 194 Å². The molecule has 33 heavy (non-hydrogen) atoms. The van der Waals surface area contributed by atoms with E-state index in [1.165, 1.54) is 0 Å². The number of benzene rings is 1. The maximum atomic E-state index is 13.6. The highest BCUT2D eigenvalue weighted by atomic mass is 16.5. The quantitative estimate of drug-likeness (QED) is 0.570. The molecule has 4 rings (SSSR count). The lowest BCUT2D eigenvalue weighted by molar-refractivity contribution is -0.132. The smallest absolute Gasteiger partial charge is 0.270 e. The van der Waals surface area contributed by atoms with Gasteiger partial charge in [-0.05, 0) is 57.7 Å². The fraction of sp³-hybridized carbons (Fsp3) is 0.625. The summed E-state index contributed by atoms with van der Waals surface area (Å²) in [4.78, 5) is 42.0. The third kappa shape index (κ3) is 4.84. The Kier molecular flexibility index (Phi) is 6.63. The van der Waals surface area contributed by atoms with Crippen LogP contribution in [-0.4, -0.2) is 62.7 Å². The number of anilines is 2. The topological polar surface area (TPSA) is 114 Å². The van der Waals surface area contributed by atoms with Crippen molar-refractivity contribution in [2.24, 2.45) is 17.6 Å². The lowest BCUT2D eigenvalue weighted by Gasteiger charge is -2.39. The van der Waals surface area contributed by atoms with Crippen LogP contribution in [0, 0.1) is 11.8 Å². The summed E-state index contributed by atoms with van der Waals surface area (Å²) in [7, 11) is 1.64. The van der Waals surface area contributed by atoms with Gasteiger partial charge in [-0.15, -0.1) is 0 Å². The van der Waals surface area contributed by atoms with Gasteiger partial charge >= 0.3 is 0 Å². The van der Waals surface area contributed by atoms with Gasteiger partial charge in [0.2, 0.25) is 11.8 Å². The van der Waals surface area contributed by atoms with Gasteiger partial charge in [-0.3, -0.25) is 14.4 Å². The van der Waals surface area contributed by atoms with Crippen molar-refractivity contribution >= 4 is 29.1 Å². The summed E-state index contributed by atoms with van der Waals surface area (Å²) in [6, 6.07) is 5.74. The molecule has 2 fully saturated rings. The lowest BCUT2D eigenvalue weighted by atomic mass is 9.89. The van der Waals surface area contributed by atoms with Crippen LogP contribution in [0.15, 0.2) is 18.2 Å². The number of carbonyl (C=O) groups excluding carboxylic acids is 3. The summed E-state index contributed by atoms with van der Waals surface area (Å²) in [5.74, 6) is -0.545. The first kappa shape index (κ1) is 23.5. The molecule has 1 aliphatic carbocycles. The van der Waals surface area contributed by atoms with Crippen LogP contribution in [0.5, 0.6) is 5.75 Å². The highest BCUT2D eigenvalue weighted by Gasteiger charge is 2.43. The van der Waals surface area contributed by atoms with Crippen molar-refractivity contribution in [3.8, 4) is 5.75 Å². The summed E-state index contributed by atoms with van der Waals surface area (Å²) in [5.41, 5.74) is 5.95. The average Bonchev–Trinajstić information content (AvgIpc) is 3.62. The van der Waals surface area contributed by atoms with Gasteiger partial charge in [0.05, 0.1) is 17.5 Å². The lowest BCUT2D eigenvalue weighted by Crippen LogP contribution is -2.53. The van der Waals surface area contributed by atoms with Gasteiger partial charge in [0.15, 0.2) is 5.60 Å². The third-order valence-electron chi connectivity index (χ3n) is 6.62. The summed E-state index contributed by atoms with van der Waals surface area (Å²) >= 11 is 0. The van der Waals surface area contributed by atoms with E-state index in [0.29, 0.717) is 50.5 Å². The van der Waals surface area contributed by atoms with Crippen LogP contribution in [0.25, 0.3) is 0 Å². The fourth-order valence-electron chi connectivity index (χ4n) is 4.69. The van der Waals surface area contributed by atoms with E-state index < -0.39 is 5.60 Å². The van der Waals surface area contributed by atoms with Gasteiger partial charge in [0.25, 0.3) is 5.91 Å². The van der Waals surface area contributed by atoms with E-state index in [1.54, 1.807) is 25.9 Å². The van der Waals surface area contributed by atoms with E-state index in [9.17, 15) is 14.4 Å². The minimum atomic E-state index is -0.967. The molecule has 0 bridgehead atoms. The first-order valence-corrected chi connectivity index (χ1v) is 11.7. The monoisotopic (exact) mass is 458 g/mol. The Hall–Kier alpha value is -2.65. The Balaban J connectivity index is 1.63. The Morgan fingerprint density at radius 3 is 2.67 bits per heavy atom. The molecular weight excluding hydrogens is 424 g/mol. The number of rotatable bonds is 8. The third-order valence-corrected chi connectivity index (χ3v) is 6.62. The van der Waals surface area contributed by atoms with E-state index in [0.717, 1.165) is 18.5 Å². The second kappa shape index (κ2) is 9.30. The number of carbonyl (C=O) groups is 3. The zero-order valence-corrected chi connectivity index (χ0v) is 19.6. The predicted octanol–water partition coefficient (Wildman–Crippen LogP) is 1.43. The molecule has 180 valence electrons. The molecule has 1 aromatic carbocycles. The largest absolute Gasteiger partial charge is 0.476 e. The molecule has 0 aromatic heterocycles. The van der Waals surface area contributed by atoms with Crippen molar-refractivity contribution in [3.63, 3.8) is 0 Å². The minimum absolute atomic E-state index is 0.00906. The van der Waals surface area contributed by atoms with Gasteiger partial charge < -0.3 is 30.3 Å². The van der Waals surface area contributed by atoms with Crippen molar-refractivity contribution < 1.29 is 23.9 Å². The normalized spacial score (nSPS) is 24.1. The zero-order chi connectivity index (χ0) is 23.8. The minimum Gasteiger partial charge on any atom is -0.476 e. The molecule has 9 heteroatoms. The second-order valence-electron chi connectivity index (χ2n) is 9.70. The van der Waals surface area contributed by atoms with E-state index in [1.807, 2.05) is 23.1 Å². The van der Waals surface area contributed by atoms with E-state index in [-0.39, 0.29) is 35.6 Å². The number of nitrogens with zero attached hydrogens (tertiary/aromatic N) is 2. The first-order valence-electron chi connectivity index (χ1n) is 11.7. The number of primary amides is 1. The van der Waals surface area contributed by atoms with Crippen LogP contribution in [0.4, 0.5) is 11.4 Å². The van der Waals surface area contributed by atoms with E-state index in [2.05, 4.69) is 5.32 Å². The number of amides is 3. The highest BCUT2D eigenvalue weighted by molar-refractivity contribution is 6.04. The Morgan fingerprint density at radius 1 is 1.27 bits per heavy atom. The standard InChI is InChI=1S/C24H34N4O5/c1-24(2)23(31)27(9-4-10-32-3)19-12-18(7-8-20(19)33-24)28(17-5-6-17)22(30)16-11-15(21(25)29)13-26-14-16/h7-8,12,15-17,26H,4-6,9-11,13-14H2,1-3H3,(H2,25,29)/t15-,16+/m0/s1.